The van der Waals surface area contributed by atoms with Crippen LogP contribution in [0.4, 0.5) is 31.1 Å². The first kappa shape index (κ1) is 33.0. The molecular formula is C26H25Cl2F6N5O3. The zero-order chi connectivity index (χ0) is 31.5. The van der Waals surface area contributed by atoms with Gasteiger partial charge in [-0.1, -0.05) is 46.6 Å². The van der Waals surface area contributed by atoms with Crippen LogP contribution < -0.4 is 5.32 Å². The standard InChI is InChI=1S/C26H25Cl2F6N5O3/c1-24(2,3)42-23(41)35-8-9-38(14-16-6-4-5-7-19(16)27)22(40)20-21(28)39(37-36-20)13-15-10-17(25(29,30)31)12-18(11-15)26(32,33)34/h4-7,10-12H,8-9,13-14H2,1-3H3,(H,35,41). The van der Waals surface area contributed by atoms with E-state index in [9.17, 15) is 35.9 Å². The van der Waals surface area contributed by atoms with Gasteiger partial charge in [0.2, 0.25) is 0 Å². The SMILES string of the molecule is CC(C)(C)OC(=O)NCCN(Cc1ccccc1Cl)C(=O)c1nnn(Cc2cc(C(F)(F)F)cc(C(F)(F)F)c2)c1Cl. The Morgan fingerprint density at radius 1 is 0.976 bits per heavy atom. The molecule has 0 aliphatic carbocycles. The third-order valence-corrected chi connectivity index (χ3v) is 6.26. The molecule has 228 valence electrons. The molecule has 0 saturated carbocycles. The van der Waals surface area contributed by atoms with Crippen LogP contribution in [0.5, 0.6) is 0 Å². The molecule has 1 N–H and O–H groups in total. The van der Waals surface area contributed by atoms with Crippen LogP contribution in [0.2, 0.25) is 10.2 Å². The predicted molar refractivity (Wildman–Crippen MR) is 141 cm³/mol. The maximum atomic E-state index is 13.5. The molecule has 0 aliphatic heterocycles. The maximum Gasteiger partial charge on any atom is 0.416 e. The van der Waals surface area contributed by atoms with Gasteiger partial charge in [-0.25, -0.2) is 9.48 Å². The molecule has 2 aromatic carbocycles. The molecule has 0 bridgehead atoms. The van der Waals surface area contributed by atoms with Gasteiger partial charge in [-0.05, 0) is 56.2 Å². The third kappa shape index (κ3) is 8.99. The van der Waals surface area contributed by atoms with E-state index in [1.54, 1.807) is 45.0 Å². The summed E-state index contributed by atoms with van der Waals surface area (Å²) in [6.45, 7) is 4.20. The Morgan fingerprint density at radius 2 is 1.57 bits per heavy atom. The van der Waals surface area contributed by atoms with Gasteiger partial charge in [0.15, 0.2) is 10.8 Å². The largest absolute Gasteiger partial charge is 0.444 e. The number of aromatic nitrogens is 3. The maximum absolute atomic E-state index is 13.5. The lowest BCUT2D eigenvalue weighted by Gasteiger charge is -2.24. The predicted octanol–water partition coefficient (Wildman–Crippen LogP) is 6.84. The van der Waals surface area contributed by atoms with Crippen LogP contribution in [0.25, 0.3) is 0 Å². The van der Waals surface area contributed by atoms with Crippen molar-refractivity contribution in [1.29, 1.82) is 0 Å². The van der Waals surface area contributed by atoms with E-state index in [0.29, 0.717) is 22.7 Å². The summed E-state index contributed by atoms with van der Waals surface area (Å²) in [5.41, 5.74) is -4.08. The van der Waals surface area contributed by atoms with E-state index < -0.39 is 64.0 Å². The summed E-state index contributed by atoms with van der Waals surface area (Å²) < 4.78 is 85.6. The molecule has 0 spiro atoms. The van der Waals surface area contributed by atoms with Crippen LogP contribution in [0, 0.1) is 0 Å². The minimum Gasteiger partial charge on any atom is -0.444 e. The van der Waals surface area contributed by atoms with Gasteiger partial charge in [0.25, 0.3) is 5.91 Å². The van der Waals surface area contributed by atoms with Crippen LogP contribution in [-0.2, 0) is 30.2 Å². The normalized spacial score (nSPS) is 12.3. The molecular weight excluding hydrogens is 615 g/mol. The molecule has 3 rings (SSSR count). The Bertz CT molecular complexity index is 1400. The fourth-order valence-corrected chi connectivity index (χ4v) is 4.07. The van der Waals surface area contributed by atoms with Crippen molar-refractivity contribution in [2.24, 2.45) is 0 Å². The van der Waals surface area contributed by atoms with Gasteiger partial charge in [0, 0.05) is 24.7 Å². The van der Waals surface area contributed by atoms with Gasteiger partial charge in [-0.2, -0.15) is 26.3 Å². The van der Waals surface area contributed by atoms with E-state index in [2.05, 4.69) is 15.6 Å². The lowest BCUT2D eigenvalue weighted by Crippen LogP contribution is -2.40. The van der Waals surface area contributed by atoms with Crippen molar-refractivity contribution >= 4 is 35.2 Å². The summed E-state index contributed by atoms with van der Waals surface area (Å²) in [5, 5.41) is 9.85. The highest BCUT2D eigenvalue weighted by atomic mass is 35.5. The molecule has 1 aromatic heterocycles. The minimum absolute atomic E-state index is 0.000691. The quantitative estimate of drug-likeness (QED) is 0.273. The molecule has 0 saturated heterocycles. The van der Waals surface area contributed by atoms with Crippen LogP contribution in [0.15, 0.2) is 42.5 Å². The summed E-state index contributed by atoms with van der Waals surface area (Å²) >= 11 is 12.5. The fourth-order valence-electron chi connectivity index (χ4n) is 3.66. The first-order chi connectivity index (χ1) is 19.3. The van der Waals surface area contributed by atoms with Gasteiger partial charge < -0.3 is 15.0 Å². The first-order valence-corrected chi connectivity index (χ1v) is 13.0. The van der Waals surface area contributed by atoms with Crippen molar-refractivity contribution in [3.63, 3.8) is 0 Å². The van der Waals surface area contributed by atoms with E-state index >= 15 is 0 Å². The second kappa shape index (κ2) is 12.8. The lowest BCUT2D eigenvalue weighted by atomic mass is 10.0. The molecule has 0 unspecified atom stereocenters. The average molecular weight is 640 g/mol. The molecule has 0 fully saturated rings. The number of carbonyl (C=O) groups excluding carboxylic acids is 2. The number of ether oxygens (including phenoxy) is 1. The van der Waals surface area contributed by atoms with E-state index in [4.69, 9.17) is 27.9 Å². The average Bonchev–Trinajstić information content (AvgIpc) is 3.21. The number of halogens is 8. The molecule has 16 heteroatoms. The number of benzene rings is 2. The molecule has 0 aliphatic rings. The van der Waals surface area contributed by atoms with E-state index in [1.807, 2.05) is 0 Å². The molecule has 3 aromatic rings. The highest BCUT2D eigenvalue weighted by Crippen LogP contribution is 2.36. The van der Waals surface area contributed by atoms with Gasteiger partial charge in [-0.3, -0.25) is 4.79 Å². The number of hydrogen-bond donors (Lipinski definition) is 1. The van der Waals surface area contributed by atoms with Crippen molar-refractivity contribution in [3.8, 4) is 0 Å². The summed E-state index contributed by atoms with van der Waals surface area (Å²) in [6, 6.07) is 7.69. The van der Waals surface area contributed by atoms with Gasteiger partial charge in [-0.15, -0.1) is 5.10 Å². The number of alkyl carbamates (subject to hydrolysis) is 1. The Hall–Kier alpha value is -3.52. The Labute approximate surface area is 246 Å². The highest BCUT2D eigenvalue weighted by molar-refractivity contribution is 6.32. The van der Waals surface area contributed by atoms with E-state index in [-0.39, 0.29) is 25.7 Å². The number of nitrogens with zero attached hydrogens (tertiary/aromatic N) is 4. The second-order valence-corrected chi connectivity index (χ2v) is 10.8. The van der Waals surface area contributed by atoms with Gasteiger partial charge in [0.1, 0.15) is 5.60 Å². The monoisotopic (exact) mass is 639 g/mol. The van der Waals surface area contributed by atoms with Crippen molar-refractivity contribution in [2.75, 3.05) is 13.1 Å². The summed E-state index contributed by atoms with van der Waals surface area (Å²) in [4.78, 5) is 26.8. The number of rotatable bonds is 8. The third-order valence-electron chi connectivity index (χ3n) is 5.51. The number of amides is 2. The second-order valence-electron chi connectivity index (χ2n) is 10.0. The van der Waals surface area contributed by atoms with Crippen LogP contribution in [0.3, 0.4) is 0 Å². The first-order valence-electron chi connectivity index (χ1n) is 12.2. The van der Waals surface area contributed by atoms with Crippen molar-refractivity contribution in [3.05, 3.63) is 80.6 Å². The van der Waals surface area contributed by atoms with Crippen molar-refractivity contribution in [1.82, 2.24) is 25.2 Å². The van der Waals surface area contributed by atoms with Crippen LogP contribution in [0.1, 0.15) is 53.5 Å². The molecule has 8 nitrogen and oxygen atoms in total. The lowest BCUT2D eigenvalue weighted by molar-refractivity contribution is -0.143. The highest BCUT2D eigenvalue weighted by Gasteiger charge is 2.37. The Balaban J connectivity index is 1.87. The van der Waals surface area contributed by atoms with Crippen LogP contribution >= 0.6 is 23.2 Å². The van der Waals surface area contributed by atoms with Crippen molar-refractivity contribution < 1.29 is 40.7 Å². The summed E-state index contributed by atoms with van der Waals surface area (Å²) in [7, 11) is 0. The van der Waals surface area contributed by atoms with E-state index in [1.165, 1.54) is 4.90 Å². The molecule has 1 heterocycles. The Morgan fingerprint density at radius 3 is 2.12 bits per heavy atom. The zero-order valence-electron chi connectivity index (χ0n) is 22.4. The molecule has 2 amide bonds. The molecule has 42 heavy (non-hydrogen) atoms. The number of carbonyl (C=O) groups is 2. The fraction of sp³-hybridized carbons (Fsp3) is 0.385. The topological polar surface area (TPSA) is 89.3 Å². The van der Waals surface area contributed by atoms with Gasteiger partial charge in [0.05, 0.1) is 17.7 Å². The molecule has 0 atom stereocenters. The number of alkyl halides is 6. The smallest absolute Gasteiger partial charge is 0.416 e. The molecule has 0 radical (unpaired) electrons. The summed E-state index contributed by atoms with van der Waals surface area (Å²) in [6.07, 6.45) is -10.8. The van der Waals surface area contributed by atoms with E-state index in [0.717, 1.165) is 4.68 Å². The Kier molecular flexibility index (Phi) is 10.0. The minimum atomic E-state index is -5.05. The number of hydrogen-bond acceptors (Lipinski definition) is 5. The number of nitrogens with one attached hydrogen (secondary N) is 1. The van der Waals surface area contributed by atoms with Gasteiger partial charge >= 0.3 is 18.4 Å². The zero-order valence-corrected chi connectivity index (χ0v) is 23.9. The summed E-state index contributed by atoms with van der Waals surface area (Å²) in [5.74, 6) is -0.780. The van der Waals surface area contributed by atoms with Crippen molar-refractivity contribution in [2.45, 2.75) is 51.8 Å². The van der Waals surface area contributed by atoms with Crippen LogP contribution in [-0.4, -0.2) is 50.6 Å².